The topological polar surface area (TPSA) is 57.7 Å². The van der Waals surface area contributed by atoms with Crippen LogP contribution in [-0.4, -0.2) is 48.7 Å². The predicted molar refractivity (Wildman–Crippen MR) is 118 cm³/mol. The number of halogens is 1. The zero-order valence-electron chi connectivity index (χ0n) is 17.2. The molecule has 0 bridgehead atoms. The average molecular weight is 420 g/mol. The standard InChI is InChI=1S/C24H25FN4O2/c25-20-8-10-21(11-9-20)28-13-15-29(16-14-28)23(19-5-4-12-26-17-19)18-27-24(30)31-22-6-2-1-3-7-22/h1-12,17,23H,13-16,18H2,(H,27,30)/t23-/m0/s1. The van der Waals surface area contributed by atoms with E-state index in [0.717, 1.165) is 37.4 Å². The Bertz CT molecular complexity index is 962. The Kier molecular flexibility index (Phi) is 6.74. The number of nitrogens with zero attached hydrogens (tertiary/aromatic N) is 3. The smallest absolute Gasteiger partial charge is 0.410 e. The van der Waals surface area contributed by atoms with E-state index in [2.05, 4.69) is 20.1 Å². The lowest BCUT2D eigenvalue weighted by Crippen LogP contribution is -2.50. The highest BCUT2D eigenvalue weighted by atomic mass is 19.1. The third-order valence-corrected chi connectivity index (χ3v) is 5.41. The highest BCUT2D eigenvalue weighted by Gasteiger charge is 2.26. The summed E-state index contributed by atoms with van der Waals surface area (Å²) in [5, 5.41) is 2.89. The summed E-state index contributed by atoms with van der Waals surface area (Å²) in [6.07, 6.45) is 3.09. The molecule has 1 amide bonds. The maximum Gasteiger partial charge on any atom is 0.412 e. The van der Waals surface area contributed by atoms with Crippen molar-refractivity contribution in [3.8, 4) is 5.75 Å². The number of para-hydroxylation sites is 1. The van der Waals surface area contributed by atoms with E-state index in [1.165, 1.54) is 12.1 Å². The van der Waals surface area contributed by atoms with Crippen LogP contribution in [0.5, 0.6) is 5.75 Å². The summed E-state index contributed by atoms with van der Waals surface area (Å²) in [6.45, 7) is 3.67. The number of carbonyl (C=O) groups excluding carboxylic acids is 1. The molecule has 0 spiro atoms. The summed E-state index contributed by atoms with van der Waals surface area (Å²) in [5.74, 6) is 0.276. The summed E-state index contributed by atoms with van der Waals surface area (Å²) in [7, 11) is 0. The summed E-state index contributed by atoms with van der Waals surface area (Å²) in [5.41, 5.74) is 2.06. The van der Waals surface area contributed by atoms with Crippen molar-refractivity contribution < 1.29 is 13.9 Å². The third kappa shape index (κ3) is 5.58. The average Bonchev–Trinajstić information content (AvgIpc) is 2.81. The van der Waals surface area contributed by atoms with Crippen molar-refractivity contribution in [3.05, 3.63) is 90.5 Å². The van der Waals surface area contributed by atoms with Gasteiger partial charge in [0.2, 0.25) is 0 Å². The van der Waals surface area contributed by atoms with Gasteiger partial charge in [-0.25, -0.2) is 9.18 Å². The fourth-order valence-electron chi connectivity index (χ4n) is 3.79. The predicted octanol–water partition coefficient (Wildman–Crippen LogP) is 3.87. The van der Waals surface area contributed by atoms with Crippen molar-refractivity contribution in [2.45, 2.75) is 6.04 Å². The molecule has 1 aliphatic heterocycles. The van der Waals surface area contributed by atoms with Crippen LogP contribution < -0.4 is 15.0 Å². The number of nitrogens with one attached hydrogen (secondary N) is 1. The highest BCUT2D eigenvalue weighted by molar-refractivity contribution is 5.70. The van der Waals surface area contributed by atoms with E-state index in [1.54, 1.807) is 18.3 Å². The number of carbonyl (C=O) groups is 1. The van der Waals surface area contributed by atoms with Crippen LogP contribution in [0.4, 0.5) is 14.9 Å². The van der Waals surface area contributed by atoms with E-state index >= 15 is 0 Å². The van der Waals surface area contributed by atoms with Crippen molar-refractivity contribution in [3.63, 3.8) is 0 Å². The second-order valence-electron chi connectivity index (χ2n) is 7.39. The lowest BCUT2D eigenvalue weighted by atomic mass is 10.1. The fraction of sp³-hybridized carbons (Fsp3) is 0.250. The zero-order valence-corrected chi connectivity index (χ0v) is 17.2. The lowest BCUT2D eigenvalue weighted by molar-refractivity contribution is 0.169. The minimum absolute atomic E-state index is 0.0209. The molecular formula is C24H25FN4O2. The number of pyridine rings is 1. The lowest BCUT2D eigenvalue weighted by Gasteiger charge is -2.40. The molecule has 0 unspecified atom stereocenters. The van der Waals surface area contributed by atoms with Gasteiger partial charge in [0, 0.05) is 50.8 Å². The molecule has 0 aliphatic carbocycles. The van der Waals surface area contributed by atoms with Crippen LogP contribution in [0, 0.1) is 5.82 Å². The van der Waals surface area contributed by atoms with Gasteiger partial charge >= 0.3 is 6.09 Å². The zero-order chi connectivity index (χ0) is 21.5. The molecule has 0 saturated carbocycles. The molecule has 2 aromatic carbocycles. The van der Waals surface area contributed by atoms with Crippen LogP contribution in [-0.2, 0) is 0 Å². The van der Waals surface area contributed by atoms with Gasteiger partial charge in [0.1, 0.15) is 11.6 Å². The fourth-order valence-corrected chi connectivity index (χ4v) is 3.79. The molecular weight excluding hydrogens is 395 g/mol. The minimum atomic E-state index is -0.481. The molecule has 0 radical (unpaired) electrons. The monoisotopic (exact) mass is 420 g/mol. The Hall–Kier alpha value is -3.45. The van der Waals surface area contributed by atoms with Crippen LogP contribution in [0.1, 0.15) is 11.6 Å². The van der Waals surface area contributed by atoms with Crippen LogP contribution in [0.25, 0.3) is 0 Å². The number of anilines is 1. The molecule has 160 valence electrons. The first-order valence-electron chi connectivity index (χ1n) is 10.3. The first kappa shape index (κ1) is 20.8. The van der Waals surface area contributed by atoms with Crippen molar-refractivity contribution in [1.29, 1.82) is 0 Å². The van der Waals surface area contributed by atoms with Crippen molar-refractivity contribution in [2.75, 3.05) is 37.6 Å². The number of hydrogen-bond donors (Lipinski definition) is 1. The number of rotatable bonds is 6. The number of hydrogen-bond acceptors (Lipinski definition) is 5. The highest BCUT2D eigenvalue weighted by Crippen LogP contribution is 2.24. The Balaban J connectivity index is 1.39. The van der Waals surface area contributed by atoms with Crippen molar-refractivity contribution >= 4 is 11.8 Å². The summed E-state index contributed by atoms with van der Waals surface area (Å²) >= 11 is 0. The van der Waals surface area contributed by atoms with Gasteiger partial charge in [-0.2, -0.15) is 0 Å². The quantitative estimate of drug-likeness (QED) is 0.656. The Morgan fingerprint density at radius 2 is 1.74 bits per heavy atom. The van der Waals surface area contributed by atoms with Crippen LogP contribution in [0.15, 0.2) is 79.1 Å². The molecule has 1 atom stereocenters. The second-order valence-corrected chi connectivity index (χ2v) is 7.39. The molecule has 4 rings (SSSR count). The van der Waals surface area contributed by atoms with Gasteiger partial charge in [0.05, 0.1) is 6.04 Å². The van der Waals surface area contributed by atoms with Crippen molar-refractivity contribution in [2.24, 2.45) is 0 Å². The molecule has 1 aromatic heterocycles. The largest absolute Gasteiger partial charge is 0.412 e. The second kappa shape index (κ2) is 10.0. The van der Waals surface area contributed by atoms with Gasteiger partial charge in [0.25, 0.3) is 0 Å². The van der Waals surface area contributed by atoms with Crippen molar-refractivity contribution in [1.82, 2.24) is 15.2 Å². The summed E-state index contributed by atoms with van der Waals surface area (Å²) < 4.78 is 18.6. The Morgan fingerprint density at radius 3 is 2.42 bits per heavy atom. The molecule has 1 saturated heterocycles. The third-order valence-electron chi connectivity index (χ3n) is 5.41. The molecule has 31 heavy (non-hydrogen) atoms. The van der Waals surface area contributed by atoms with Crippen LogP contribution >= 0.6 is 0 Å². The Morgan fingerprint density at radius 1 is 1.00 bits per heavy atom. The van der Waals surface area contributed by atoms with Crippen LogP contribution in [0.2, 0.25) is 0 Å². The Labute approximate surface area is 181 Å². The molecule has 1 fully saturated rings. The number of amides is 1. The molecule has 1 aliphatic rings. The van der Waals surface area contributed by atoms with Gasteiger partial charge in [-0.15, -0.1) is 0 Å². The van der Waals surface area contributed by atoms with E-state index in [4.69, 9.17) is 4.74 Å². The number of benzene rings is 2. The molecule has 3 aromatic rings. The van der Waals surface area contributed by atoms with Gasteiger partial charge in [-0.3, -0.25) is 9.88 Å². The van der Waals surface area contributed by atoms with E-state index in [1.807, 2.05) is 48.7 Å². The normalized spacial score (nSPS) is 15.3. The molecule has 2 heterocycles. The molecule has 1 N–H and O–H groups in total. The van der Waals surface area contributed by atoms with Crippen LogP contribution in [0.3, 0.4) is 0 Å². The number of ether oxygens (including phenoxy) is 1. The SMILES string of the molecule is O=C(NC[C@@H](c1cccnc1)N1CCN(c2ccc(F)cc2)CC1)Oc1ccccc1. The van der Waals surface area contributed by atoms with E-state index in [0.29, 0.717) is 12.3 Å². The van der Waals surface area contributed by atoms with Gasteiger partial charge in [-0.1, -0.05) is 24.3 Å². The van der Waals surface area contributed by atoms with E-state index < -0.39 is 6.09 Å². The maximum atomic E-state index is 13.2. The minimum Gasteiger partial charge on any atom is -0.410 e. The van der Waals surface area contributed by atoms with Gasteiger partial charge < -0.3 is 15.0 Å². The maximum absolute atomic E-state index is 13.2. The molecule has 7 heteroatoms. The van der Waals surface area contributed by atoms with Gasteiger partial charge in [0.15, 0.2) is 0 Å². The van der Waals surface area contributed by atoms with Gasteiger partial charge in [-0.05, 0) is 48.0 Å². The number of aromatic nitrogens is 1. The first-order valence-corrected chi connectivity index (χ1v) is 10.3. The molecule has 6 nitrogen and oxygen atoms in total. The summed E-state index contributed by atoms with van der Waals surface area (Å²) in [4.78, 5) is 21.1. The van der Waals surface area contributed by atoms with E-state index in [-0.39, 0.29) is 11.9 Å². The van der Waals surface area contributed by atoms with E-state index in [9.17, 15) is 9.18 Å². The summed E-state index contributed by atoms with van der Waals surface area (Å²) in [6, 6.07) is 19.5. The number of piperazine rings is 1. The first-order chi connectivity index (χ1) is 15.2.